The van der Waals surface area contributed by atoms with Gasteiger partial charge in [0.15, 0.2) is 12.6 Å². The largest absolute Gasteiger partial charge is 0.468 e. The lowest BCUT2D eigenvalue weighted by atomic mass is 9.58. The molecular weight excluding hydrogens is 888 g/mol. The number of aromatic nitrogens is 3. The van der Waals surface area contributed by atoms with Gasteiger partial charge in [0.1, 0.15) is 42.7 Å². The maximum atomic E-state index is 18.0. The molecule has 1 spiro atoms. The van der Waals surface area contributed by atoms with Crippen molar-refractivity contribution in [3.8, 4) is 34.5 Å². The van der Waals surface area contributed by atoms with Gasteiger partial charge in [0.2, 0.25) is 0 Å². The molecule has 14 heteroatoms. The number of methoxy groups -OCH3 is 1. The summed E-state index contributed by atoms with van der Waals surface area (Å²) < 4.78 is 41.9. The zero-order chi connectivity index (χ0) is 49.0. The number of benzene rings is 2. The number of rotatable bonds is 14. The standard InChI is InChI=1S/C55H73FN6O6Si/c1-35(2)69(36(3)4,37(5)6)23-16-39-12-11-13-40-24-43(67-34-65-10)25-44(46(39)40)48-47(56)49-45(28-57-48)50(61-29-41-14-15-42(30-61)62(41)52(64)68-53(7,8)9)59-51(58-49)66-33-55(17-18-55)32-60-21-19-54(20-22-60)26-38(27-54)31-63/h11-13,24-25,28,31,35-38,41-42H,14-15,17-22,26-27,29-30,32-34H2,1-10H3. The Morgan fingerprint density at radius 1 is 0.957 bits per heavy atom. The number of pyridine rings is 1. The number of fused-ring (bicyclic) bond motifs is 4. The van der Waals surface area contributed by atoms with Gasteiger partial charge in [-0.25, -0.2) is 9.18 Å². The van der Waals surface area contributed by atoms with Crippen molar-refractivity contribution in [1.82, 2.24) is 24.8 Å². The Bertz CT molecular complexity index is 2600. The highest BCUT2D eigenvalue weighted by Crippen LogP contribution is 2.53. The van der Waals surface area contributed by atoms with Gasteiger partial charge in [-0.2, -0.15) is 9.97 Å². The van der Waals surface area contributed by atoms with Crippen LogP contribution in [0.25, 0.3) is 32.9 Å². The molecule has 4 aromatic rings. The first-order valence-electron chi connectivity index (χ1n) is 25.5. The lowest BCUT2D eigenvalue weighted by molar-refractivity contribution is -0.120. The molecular formula is C55H73FN6O6Si. The highest BCUT2D eigenvalue weighted by Gasteiger charge is 2.50. The van der Waals surface area contributed by atoms with Crippen LogP contribution >= 0.6 is 0 Å². The van der Waals surface area contributed by atoms with Crippen molar-refractivity contribution in [3.63, 3.8) is 0 Å². The number of nitrogens with zero attached hydrogens (tertiary/aromatic N) is 6. The number of ether oxygens (including phenoxy) is 4. The van der Waals surface area contributed by atoms with Gasteiger partial charge in [0.25, 0.3) is 0 Å². The van der Waals surface area contributed by atoms with E-state index >= 15 is 4.39 Å². The topological polar surface area (TPSA) is 119 Å². The van der Waals surface area contributed by atoms with Crippen molar-refractivity contribution in [2.24, 2.45) is 16.7 Å². The molecule has 2 atom stereocenters. The predicted octanol–water partition coefficient (Wildman–Crippen LogP) is 11.0. The number of piperazine rings is 1. The van der Waals surface area contributed by atoms with Crippen molar-refractivity contribution < 1.29 is 32.9 Å². The summed E-state index contributed by atoms with van der Waals surface area (Å²) in [4.78, 5) is 46.4. The summed E-state index contributed by atoms with van der Waals surface area (Å²) in [6.07, 6.45) is 10.6. The SMILES string of the molecule is COCOc1cc(-c2ncc3c(N4CC5CCC(C4)N5C(=O)OC(C)(C)C)nc(OCC4(CN5CCC6(CC5)CC(C=O)C6)CC4)nc3c2F)c2c(C#C[Si](C(C)C)(C(C)C)C(C)C)cccc2c1. The average Bonchev–Trinajstić information content (AvgIpc) is 4.00. The molecule has 0 N–H and O–H groups in total. The minimum atomic E-state index is -2.13. The minimum Gasteiger partial charge on any atom is -0.468 e. The highest BCUT2D eigenvalue weighted by molar-refractivity contribution is 6.90. The van der Waals surface area contributed by atoms with E-state index in [1.807, 2.05) is 56.0 Å². The van der Waals surface area contributed by atoms with E-state index < -0.39 is 19.5 Å². The first kappa shape index (κ1) is 49.2. The summed E-state index contributed by atoms with van der Waals surface area (Å²) in [5, 5.41) is 2.11. The van der Waals surface area contributed by atoms with Crippen molar-refractivity contribution in [1.29, 1.82) is 0 Å². The normalized spacial score (nSPS) is 21.2. The molecule has 2 saturated carbocycles. The Morgan fingerprint density at radius 3 is 2.25 bits per heavy atom. The molecule has 3 aliphatic heterocycles. The first-order chi connectivity index (χ1) is 32.9. The molecule has 2 bridgehead atoms. The van der Waals surface area contributed by atoms with Crippen LogP contribution in [0.2, 0.25) is 16.6 Å². The van der Waals surface area contributed by atoms with Crippen LogP contribution in [0.4, 0.5) is 15.0 Å². The number of amides is 1. The minimum absolute atomic E-state index is 0.0195. The van der Waals surface area contributed by atoms with Gasteiger partial charge in [-0.15, -0.1) is 5.54 Å². The molecule has 5 heterocycles. The molecule has 0 radical (unpaired) electrons. The van der Waals surface area contributed by atoms with Crippen molar-refractivity contribution in [2.75, 3.05) is 58.1 Å². The zero-order valence-electron chi connectivity index (χ0n) is 42.6. The fraction of sp³-hybridized carbons (Fsp3) is 0.618. The fourth-order valence-corrected chi connectivity index (χ4v) is 17.9. The number of hydrogen-bond donors (Lipinski definition) is 0. The highest BCUT2D eigenvalue weighted by atomic mass is 28.3. The summed E-state index contributed by atoms with van der Waals surface area (Å²) in [5.74, 6) is 4.37. The van der Waals surface area contributed by atoms with Gasteiger partial charge >= 0.3 is 12.1 Å². The molecule has 370 valence electrons. The maximum Gasteiger partial charge on any atom is 0.410 e. The van der Waals surface area contributed by atoms with E-state index in [1.165, 1.54) is 0 Å². The van der Waals surface area contributed by atoms with E-state index in [-0.39, 0.29) is 53.5 Å². The smallest absolute Gasteiger partial charge is 0.410 e. The van der Waals surface area contributed by atoms with Crippen LogP contribution in [0, 0.1) is 34.0 Å². The van der Waals surface area contributed by atoms with Crippen LogP contribution in [0.1, 0.15) is 119 Å². The molecule has 12 nitrogen and oxygen atoms in total. The average molecular weight is 961 g/mol. The lowest BCUT2D eigenvalue weighted by Crippen LogP contribution is -2.57. The van der Waals surface area contributed by atoms with Gasteiger partial charge in [-0.3, -0.25) is 9.88 Å². The van der Waals surface area contributed by atoms with Crippen LogP contribution < -0.4 is 14.4 Å². The maximum absolute atomic E-state index is 18.0. The second-order valence-electron chi connectivity index (χ2n) is 23.1. The second-order valence-corrected chi connectivity index (χ2v) is 28.7. The third-order valence-electron chi connectivity index (χ3n) is 16.4. The van der Waals surface area contributed by atoms with E-state index in [1.54, 1.807) is 13.3 Å². The molecule has 2 unspecified atom stereocenters. The molecule has 5 fully saturated rings. The van der Waals surface area contributed by atoms with Crippen LogP contribution in [-0.4, -0.2) is 116 Å². The molecule has 9 rings (SSSR count). The number of anilines is 1. The fourth-order valence-electron chi connectivity index (χ4n) is 12.7. The summed E-state index contributed by atoms with van der Waals surface area (Å²) in [5.41, 5.74) is 6.49. The Hall–Kier alpha value is -4.84. The van der Waals surface area contributed by atoms with Gasteiger partial charge in [0.05, 0.1) is 24.1 Å². The third kappa shape index (κ3) is 9.69. The lowest BCUT2D eigenvalue weighted by Gasteiger charge is -2.51. The van der Waals surface area contributed by atoms with E-state index in [2.05, 4.69) is 62.8 Å². The van der Waals surface area contributed by atoms with E-state index in [0.717, 1.165) is 93.6 Å². The summed E-state index contributed by atoms with van der Waals surface area (Å²) in [6, 6.07) is 9.73. The second kappa shape index (κ2) is 19.1. The van der Waals surface area contributed by atoms with Crippen molar-refractivity contribution in [2.45, 2.75) is 148 Å². The molecule has 2 aromatic carbocycles. The summed E-state index contributed by atoms with van der Waals surface area (Å²) >= 11 is 0. The number of aldehydes is 1. The number of carbonyl (C=O) groups is 2. The quantitative estimate of drug-likeness (QED) is 0.0520. The Morgan fingerprint density at radius 2 is 1.64 bits per heavy atom. The molecule has 2 aromatic heterocycles. The van der Waals surface area contributed by atoms with Crippen LogP contribution in [0.15, 0.2) is 36.5 Å². The van der Waals surface area contributed by atoms with Crippen LogP contribution in [0.3, 0.4) is 0 Å². The van der Waals surface area contributed by atoms with Crippen molar-refractivity contribution in [3.05, 3.63) is 47.9 Å². The first-order valence-corrected chi connectivity index (χ1v) is 27.8. The number of carbonyl (C=O) groups excluding carboxylic acids is 2. The Balaban J connectivity index is 1.11. The zero-order valence-corrected chi connectivity index (χ0v) is 43.6. The van der Waals surface area contributed by atoms with E-state index in [0.29, 0.717) is 64.3 Å². The molecule has 1 amide bonds. The molecule has 3 saturated heterocycles. The summed E-state index contributed by atoms with van der Waals surface area (Å²) in [6.45, 7) is 23.9. The van der Waals surface area contributed by atoms with Gasteiger partial charge < -0.3 is 33.5 Å². The predicted molar refractivity (Wildman–Crippen MR) is 272 cm³/mol. The number of piperidine rings is 1. The monoisotopic (exact) mass is 961 g/mol. The van der Waals surface area contributed by atoms with Crippen molar-refractivity contribution >= 4 is 47.9 Å². The number of likely N-dealkylation sites (tertiary alicyclic amines) is 1. The third-order valence-corrected chi connectivity index (χ3v) is 22.7. The van der Waals surface area contributed by atoms with Crippen LogP contribution in [0.5, 0.6) is 11.8 Å². The Kier molecular flexibility index (Phi) is 13.6. The number of hydrogen-bond acceptors (Lipinski definition) is 11. The van der Waals surface area contributed by atoms with E-state index in [4.69, 9.17) is 33.9 Å². The van der Waals surface area contributed by atoms with Gasteiger partial charge in [-0.1, -0.05) is 59.6 Å². The van der Waals surface area contributed by atoms with Gasteiger partial charge in [0, 0.05) is 60.8 Å². The molecule has 2 aliphatic carbocycles. The number of halogens is 1. The summed E-state index contributed by atoms with van der Waals surface area (Å²) in [7, 11) is -0.563. The molecule has 69 heavy (non-hydrogen) atoms. The van der Waals surface area contributed by atoms with Gasteiger partial charge in [-0.05, 0) is 131 Å². The van der Waals surface area contributed by atoms with Crippen LogP contribution in [-0.2, 0) is 14.3 Å². The Labute approximate surface area is 409 Å². The molecule has 5 aliphatic rings. The van der Waals surface area contributed by atoms with E-state index in [9.17, 15) is 9.59 Å².